The fraction of sp³-hybridized carbons (Fsp3) is 0.417. The van der Waals surface area contributed by atoms with Gasteiger partial charge in [0.05, 0.1) is 5.69 Å². The molecule has 0 aliphatic heterocycles. The van der Waals surface area contributed by atoms with Crippen molar-refractivity contribution < 1.29 is 9.90 Å². The predicted molar refractivity (Wildman–Crippen MR) is 62.2 cm³/mol. The maximum Gasteiger partial charge on any atom is 0.251 e. The van der Waals surface area contributed by atoms with E-state index in [1.54, 1.807) is 6.07 Å². The SMILES string of the molecule is Nc1ccc(C(=O)NCCC2CC2)cc1O. The molecule has 86 valence electrons. The first kappa shape index (κ1) is 10.8. The van der Waals surface area contributed by atoms with Crippen molar-refractivity contribution in [3.05, 3.63) is 23.8 Å². The highest BCUT2D eigenvalue weighted by atomic mass is 16.3. The lowest BCUT2D eigenvalue weighted by Crippen LogP contribution is -2.24. The van der Waals surface area contributed by atoms with Crippen molar-refractivity contribution in [2.45, 2.75) is 19.3 Å². The molecule has 1 aliphatic rings. The molecule has 0 unspecified atom stereocenters. The van der Waals surface area contributed by atoms with Crippen LogP contribution in [0.1, 0.15) is 29.6 Å². The second-order valence-corrected chi connectivity index (χ2v) is 4.26. The van der Waals surface area contributed by atoms with Crippen molar-refractivity contribution in [3.8, 4) is 5.75 Å². The van der Waals surface area contributed by atoms with Crippen LogP contribution in [0, 0.1) is 5.92 Å². The van der Waals surface area contributed by atoms with Crippen molar-refractivity contribution in [3.63, 3.8) is 0 Å². The van der Waals surface area contributed by atoms with E-state index in [4.69, 9.17) is 5.73 Å². The highest BCUT2D eigenvalue weighted by molar-refractivity contribution is 5.95. The van der Waals surface area contributed by atoms with Gasteiger partial charge in [0.1, 0.15) is 5.75 Å². The number of carbonyl (C=O) groups is 1. The van der Waals surface area contributed by atoms with Gasteiger partial charge < -0.3 is 16.2 Å². The van der Waals surface area contributed by atoms with Gasteiger partial charge in [-0.1, -0.05) is 12.8 Å². The molecule has 1 aromatic carbocycles. The topological polar surface area (TPSA) is 75.4 Å². The summed E-state index contributed by atoms with van der Waals surface area (Å²) < 4.78 is 0. The second-order valence-electron chi connectivity index (χ2n) is 4.26. The molecule has 1 aromatic rings. The van der Waals surface area contributed by atoms with E-state index in [2.05, 4.69) is 5.32 Å². The Balaban J connectivity index is 1.88. The Kier molecular flexibility index (Phi) is 2.99. The molecule has 0 aromatic heterocycles. The summed E-state index contributed by atoms with van der Waals surface area (Å²) in [6.45, 7) is 0.703. The zero-order valence-corrected chi connectivity index (χ0v) is 9.07. The predicted octanol–water partition coefficient (Wildman–Crippen LogP) is 1.50. The van der Waals surface area contributed by atoms with Crippen molar-refractivity contribution in [1.29, 1.82) is 0 Å². The van der Waals surface area contributed by atoms with Crippen LogP contribution >= 0.6 is 0 Å². The first-order valence-corrected chi connectivity index (χ1v) is 5.53. The first-order valence-electron chi connectivity index (χ1n) is 5.53. The molecule has 0 spiro atoms. The summed E-state index contributed by atoms with van der Waals surface area (Å²) in [5, 5.41) is 12.2. The number of amides is 1. The smallest absolute Gasteiger partial charge is 0.251 e. The number of hydrogen-bond donors (Lipinski definition) is 3. The van der Waals surface area contributed by atoms with Crippen LogP contribution < -0.4 is 11.1 Å². The minimum Gasteiger partial charge on any atom is -0.506 e. The van der Waals surface area contributed by atoms with Crippen molar-refractivity contribution in [2.24, 2.45) is 5.92 Å². The molecule has 1 saturated carbocycles. The zero-order chi connectivity index (χ0) is 11.5. The van der Waals surface area contributed by atoms with Gasteiger partial charge in [-0.25, -0.2) is 0 Å². The number of aromatic hydroxyl groups is 1. The molecule has 0 atom stereocenters. The number of phenols is 1. The van der Waals surface area contributed by atoms with Gasteiger partial charge in [0.15, 0.2) is 0 Å². The van der Waals surface area contributed by atoms with E-state index in [-0.39, 0.29) is 17.3 Å². The molecule has 0 bridgehead atoms. The molecule has 0 radical (unpaired) electrons. The molecule has 1 fully saturated rings. The fourth-order valence-corrected chi connectivity index (χ4v) is 1.58. The molecule has 0 heterocycles. The Hall–Kier alpha value is -1.71. The van der Waals surface area contributed by atoms with Crippen LogP contribution in [0.2, 0.25) is 0 Å². The molecular formula is C12H16N2O2. The van der Waals surface area contributed by atoms with Crippen molar-refractivity contribution >= 4 is 11.6 Å². The maximum absolute atomic E-state index is 11.6. The summed E-state index contributed by atoms with van der Waals surface area (Å²) in [5.41, 5.74) is 6.19. The first-order chi connectivity index (χ1) is 7.66. The van der Waals surface area contributed by atoms with E-state index < -0.39 is 0 Å². The summed E-state index contributed by atoms with van der Waals surface area (Å²) in [6, 6.07) is 4.54. The number of hydrogen-bond acceptors (Lipinski definition) is 3. The van der Waals surface area contributed by atoms with Crippen LogP contribution in [0.25, 0.3) is 0 Å². The molecule has 0 saturated heterocycles. The van der Waals surface area contributed by atoms with Crippen LogP contribution in [-0.4, -0.2) is 17.6 Å². The summed E-state index contributed by atoms with van der Waals surface area (Å²) in [5.74, 6) is 0.603. The van der Waals surface area contributed by atoms with Crippen LogP contribution in [-0.2, 0) is 0 Å². The van der Waals surface area contributed by atoms with Gasteiger partial charge in [-0.05, 0) is 30.5 Å². The van der Waals surface area contributed by atoms with E-state index in [0.717, 1.165) is 12.3 Å². The fourth-order valence-electron chi connectivity index (χ4n) is 1.58. The van der Waals surface area contributed by atoms with Gasteiger partial charge in [0.2, 0.25) is 0 Å². The maximum atomic E-state index is 11.6. The van der Waals surface area contributed by atoms with Gasteiger partial charge in [0.25, 0.3) is 5.91 Å². The third-order valence-electron chi connectivity index (χ3n) is 2.83. The highest BCUT2D eigenvalue weighted by Gasteiger charge is 2.20. The second kappa shape index (κ2) is 4.43. The molecule has 16 heavy (non-hydrogen) atoms. The Morgan fingerprint density at radius 3 is 2.88 bits per heavy atom. The van der Waals surface area contributed by atoms with Crippen molar-refractivity contribution in [2.75, 3.05) is 12.3 Å². The normalized spacial score (nSPS) is 14.8. The van der Waals surface area contributed by atoms with E-state index in [0.29, 0.717) is 12.1 Å². The standard InChI is InChI=1S/C12H16N2O2/c13-10-4-3-9(7-11(10)15)12(16)14-6-5-8-1-2-8/h3-4,7-8,15H,1-2,5-6,13H2,(H,14,16). The lowest BCUT2D eigenvalue weighted by molar-refractivity contribution is 0.0952. The van der Waals surface area contributed by atoms with Gasteiger partial charge in [-0.3, -0.25) is 4.79 Å². The average Bonchev–Trinajstić information content (AvgIpc) is 3.06. The molecule has 4 nitrogen and oxygen atoms in total. The van der Waals surface area contributed by atoms with Gasteiger partial charge in [-0.2, -0.15) is 0 Å². The number of carbonyl (C=O) groups excluding carboxylic acids is 1. The molecule has 1 amide bonds. The Morgan fingerprint density at radius 1 is 1.50 bits per heavy atom. The summed E-state index contributed by atoms with van der Waals surface area (Å²) in [6.07, 6.45) is 3.63. The summed E-state index contributed by atoms with van der Waals surface area (Å²) >= 11 is 0. The zero-order valence-electron chi connectivity index (χ0n) is 9.07. The van der Waals surface area contributed by atoms with E-state index in [1.165, 1.54) is 25.0 Å². The highest BCUT2D eigenvalue weighted by Crippen LogP contribution is 2.31. The largest absolute Gasteiger partial charge is 0.506 e. The molecule has 4 N–H and O–H groups in total. The molecule has 2 rings (SSSR count). The van der Waals surface area contributed by atoms with Crippen LogP contribution in [0.4, 0.5) is 5.69 Å². The monoisotopic (exact) mass is 220 g/mol. The number of anilines is 1. The van der Waals surface area contributed by atoms with Gasteiger partial charge in [-0.15, -0.1) is 0 Å². The number of nitrogen functional groups attached to an aromatic ring is 1. The Bertz CT molecular complexity index is 400. The Morgan fingerprint density at radius 2 is 2.25 bits per heavy atom. The summed E-state index contributed by atoms with van der Waals surface area (Å²) in [7, 11) is 0. The third-order valence-corrected chi connectivity index (χ3v) is 2.83. The third kappa shape index (κ3) is 2.66. The van der Waals surface area contributed by atoms with E-state index in [1.807, 2.05) is 0 Å². The summed E-state index contributed by atoms with van der Waals surface area (Å²) in [4.78, 5) is 11.6. The average molecular weight is 220 g/mol. The molecular weight excluding hydrogens is 204 g/mol. The van der Waals surface area contributed by atoms with Crippen LogP contribution in [0.3, 0.4) is 0 Å². The Labute approximate surface area is 94.5 Å². The molecule has 4 heteroatoms. The molecule has 1 aliphatic carbocycles. The number of phenolic OH excluding ortho intramolecular Hbond substituents is 1. The number of rotatable bonds is 4. The lowest BCUT2D eigenvalue weighted by Gasteiger charge is -2.05. The van der Waals surface area contributed by atoms with E-state index in [9.17, 15) is 9.90 Å². The number of benzene rings is 1. The minimum absolute atomic E-state index is 0.0464. The van der Waals surface area contributed by atoms with Crippen molar-refractivity contribution in [1.82, 2.24) is 5.32 Å². The van der Waals surface area contributed by atoms with Gasteiger partial charge >= 0.3 is 0 Å². The number of nitrogens with one attached hydrogen (secondary N) is 1. The lowest BCUT2D eigenvalue weighted by atomic mass is 10.1. The van der Waals surface area contributed by atoms with Gasteiger partial charge in [0, 0.05) is 12.1 Å². The minimum atomic E-state index is -0.157. The van der Waals surface area contributed by atoms with E-state index >= 15 is 0 Å². The number of nitrogens with two attached hydrogens (primary N) is 1. The van der Waals surface area contributed by atoms with Crippen LogP contribution in [0.15, 0.2) is 18.2 Å². The van der Waals surface area contributed by atoms with Crippen LogP contribution in [0.5, 0.6) is 5.75 Å². The quantitative estimate of drug-likeness (QED) is 0.531.